The van der Waals surface area contributed by atoms with Crippen molar-refractivity contribution in [3.05, 3.63) is 53.4 Å². The minimum Gasteiger partial charge on any atom is -0.454 e. The maximum atomic E-state index is 12.6. The highest BCUT2D eigenvalue weighted by atomic mass is 32.2. The average Bonchev–Trinajstić information content (AvgIpc) is 3.34. The predicted octanol–water partition coefficient (Wildman–Crippen LogP) is 3.25. The van der Waals surface area contributed by atoms with E-state index in [1.54, 1.807) is 31.2 Å². The third kappa shape index (κ3) is 4.24. The molecule has 10 heteroatoms. The van der Waals surface area contributed by atoms with Gasteiger partial charge in [0.15, 0.2) is 16.6 Å². The van der Waals surface area contributed by atoms with E-state index in [0.717, 1.165) is 21.7 Å². The molecule has 0 unspecified atom stereocenters. The first-order chi connectivity index (χ1) is 14.3. The number of carbonyl (C=O) groups excluding carboxylic acids is 1. The molecule has 1 amide bonds. The minimum atomic E-state index is -3.64. The average molecular weight is 446 g/mol. The van der Waals surface area contributed by atoms with E-state index in [0.29, 0.717) is 28.0 Å². The normalized spacial score (nSPS) is 12.6. The molecule has 1 N–H and O–H groups in total. The zero-order chi connectivity index (χ0) is 21.3. The van der Waals surface area contributed by atoms with Crippen LogP contribution in [0.1, 0.15) is 5.56 Å². The van der Waals surface area contributed by atoms with Crippen LogP contribution in [0.5, 0.6) is 11.5 Å². The zero-order valence-electron chi connectivity index (χ0n) is 16.3. The van der Waals surface area contributed by atoms with Crippen LogP contribution in [0.3, 0.4) is 0 Å². The number of aromatic nitrogens is 1. The number of carbonyl (C=O) groups is 1. The lowest BCUT2D eigenvalue weighted by molar-refractivity contribution is -0.114. The second-order valence-electron chi connectivity index (χ2n) is 6.71. The van der Waals surface area contributed by atoms with Gasteiger partial charge in [0.2, 0.25) is 22.7 Å². The summed E-state index contributed by atoms with van der Waals surface area (Å²) >= 11 is 1.26. The van der Waals surface area contributed by atoms with E-state index in [-0.39, 0.29) is 13.3 Å². The Labute approximate surface area is 178 Å². The number of amides is 1. The molecular weight excluding hydrogens is 426 g/mol. The number of hydrogen-bond donors (Lipinski definition) is 1. The van der Waals surface area contributed by atoms with Gasteiger partial charge in [-0.05, 0) is 36.8 Å². The van der Waals surface area contributed by atoms with Crippen LogP contribution in [0.4, 0.5) is 10.8 Å². The molecule has 0 bridgehead atoms. The fourth-order valence-electron chi connectivity index (χ4n) is 3.03. The Morgan fingerprint density at radius 3 is 2.73 bits per heavy atom. The van der Waals surface area contributed by atoms with Gasteiger partial charge in [0.25, 0.3) is 0 Å². The van der Waals surface area contributed by atoms with Crippen LogP contribution in [0.25, 0.3) is 11.3 Å². The largest absolute Gasteiger partial charge is 0.454 e. The van der Waals surface area contributed by atoms with Crippen LogP contribution in [-0.4, -0.2) is 38.9 Å². The first-order valence-corrected chi connectivity index (χ1v) is 11.7. The monoisotopic (exact) mass is 445 g/mol. The molecule has 1 aliphatic heterocycles. The highest BCUT2D eigenvalue weighted by molar-refractivity contribution is 7.92. The van der Waals surface area contributed by atoms with Crippen molar-refractivity contribution in [2.24, 2.45) is 0 Å². The second-order valence-corrected chi connectivity index (χ2v) is 9.48. The molecule has 8 nitrogen and oxygen atoms in total. The fourth-order valence-corrected chi connectivity index (χ4v) is 4.68. The zero-order valence-corrected chi connectivity index (χ0v) is 17.9. The smallest absolute Gasteiger partial charge is 0.246 e. The van der Waals surface area contributed by atoms with E-state index in [1.165, 1.54) is 11.3 Å². The number of aryl methyl sites for hydroxylation is 1. The lowest BCUT2D eigenvalue weighted by atomic mass is 10.1. The molecule has 156 valence electrons. The molecule has 4 rings (SSSR count). The molecule has 0 spiro atoms. The Balaban J connectivity index is 1.49. The third-order valence-corrected chi connectivity index (χ3v) is 6.37. The highest BCUT2D eigenvalue weighted by Gasteiger charge is 2.23. The summed E-state index contributed by atoms with van der Waals surface area (Å²) in [5.41, 5.74) is 2.73. The molecule has 0 atom stereocenters. The number of hydrogen-bond acceptors (Lipinski definition) is 7. The quantitative estimate of drug-likeness (QED) is 0.626. The molecule has 0 fully saturated rings. The number of anilines is 2. The van der Waals surface area contributed by atoms with Crippen molar-refractivity contribution in [1.29, 1.82) is 0 Å². The lowest BCUT2D eigenvalue weighted by Crippen LogP contribution is -2.37. The van der Waals surface area contributed by atoms with Gasteiger partial charge in [0, 0.05) is 10.9 Å². The van der Waals surface area contributed by atoms with E-state index >= 15 is 0 Å². The molecule has 0 saturated carbocycles. The number of ether oxygens (including phenoxy) is 2. The summed E-state index contributed by atoms with van der Waals surface area (Å²) in [5, 5.41) is 4.87. The number of para-hydroxylation sites is 1. The molecule has 2 aromatic carbocycles. The summed E-state index contributed by atoms with van der Waals surface area (Å²) in [6.45, 7) is 1.64. The molecule has 0 aliphatic carbocycles. The number of nitrogens with zero attached hydrogens (tertiary/aromatic N) is 2. The number of nitrogens with one attached hydrogen (secondary N) is 1. The fraction of sp³-hybridized carbons (Fsp3) is 0.200. The highest BCUT2D eigenvalue weighted by Crippen LogP contribution is 2.36. The molecule has 30 heavy (non-hydrogen) atoms. The summed E-state index contributed by atoms with van der Waals surface area (Å²) in [6, 6.07) is 12.5. The van der Waals surface area contributed by atoms with Crippen molar-refractivity contribution in [2.45, 2.75) is 6.92 Å². The molecule has 3 aromatic rings. The van der Waals surface area contributed by atoms with Crippen molar-refractivity contribution >= 4 is 38.1 Å². The number of benzene rings is 2. The van der Waals surface area contributed by atoms with Crippen molar-refractivity contribution in [3.63, 3.8) is 0 Å². The van der Waals surface area contributed by atoms with Crippen molar-refractivity contribution in [2.75, 3.05) is 29.2 Å². The van der Waals surface area contributed by atoms with Crippen LogP contribution in [0.2, 0.25) is 0 Å². The Kier molecular flexibility index (Phi) is 5.35. The Bertz CT molecular complexity index is 1210. The minimum absolute atomic E-state index is 0.189. The van der Waals surface area contributed by atoms with Gasteiger partial charge < -0.3 is 14.8 Å². The van der Waals surface area contributed by atoms with E-state index in [1.807, 2.05) is 23.6 Å². The Hall–Kier alpha value is -3.11. The third-order valence-electron chi connectivity index (χ3n) is 4.49. The van der Waals surface area contributed by atoms with Crippen LogP contribution in [-0.2, 0) is 14.8 Å². The van der Waals surface area contributed by atoms with Crippen LogP contribution >= 0.6 is 11.3 Å². The van der Waals surface area contributed by atoms with Crippen LogP contribution in [0, 0.1) is 6.92 Å². The van der Waals surface area contributed by atoms with Crippen molar-refractivity contribution in [3.8, 4) is 22.8 Å². The van der Waals surface area contributed by atoms with Gasteiger partial charge in [-0.3, -0.25) is 9.10 Å². The van der Waals surface area contributed by atoms with Gasteiger partial charge in [-0.15, -0.1) is 11.3 Å². The number of sulfonamides is 1. The molecule has 1 aliphatic rings. The summed E-state index contributed by atoms with van der Waals surface area (Å²) in [6.07, 6.45) is 1.08. The van der Waals surface area contributed by atoms with Crippen LogP contribution in [0.15, 0.2) is 47.8 Å². The number of thiazole rings is 1. The molecule has 0 radical (unpaired) electrons. The van der Waals surface area contributed by atoms with Crippen LogP contribution < -0.4 is 19.1 Å². The molecule has 1 aromatic heterocycles. The molecular formula is C20H19N3O5S2. The summed E-state index contributed by atoms with van der Waals surface area (Å²) in [4.78, 5) is 17.0. The van der Waals surface area contributed by atoms with Gasteiger partial charge in [0.1, 0.15) is 6.54 Å². The van der Waals surface area contributed by atoms with Gasteiger partial charge in [0.05, 0.1) is 17.6 Å². The standard InChI is InChI=1S/C20H19N3O5S2/c1-13-5-3-4-6-16(13)23(30(2,25)26)10-19(24)22-20-21-15(11-29-20)14-7-8-17-18(9-14)28-12-27-17/h3-9,11H,10,12H2,1-2H3,(H,21,22,24). The molecule has 0 saturated heterocycles. The Morgan fingerprint density at radius 2 is 1.97 bits per heavy atom. The first kappa shape index (κ1) is 20.2. The first-order valence-electron chi connectivity index (χ1n) is 9.00. The summed E-state index contributed by atoms with van der Waals surface area (Å²) in [7, 11) is -3.64. The maximum Gasteiger partial charge on any atom is 0.246 e. The molecule has 2 heterocycles. The Morgan fingerprint density at radius 1 is 1.20 bits per heavy atom. The van der Waals surface area contributed by atoms with E-state index in [2.05, 4.69) is 10.3 Å². The topological polar surface area (TPSA) is 97.8 Å². The second kappa shape index (κ2) is 7.96. The van der Waals surface area contributed by atoms with E-state index in [4.69, 9.17) is 9.47 Å². The maximum absolute atomic E-state index is 12.6. The van der Waals surface area contributed by atoms with Gasteiger partial charge in [-0.25, -0.2) is 13.4 Å². The lowest BCUT2D eigenvalue weighted by Gasteiger charge is -2.23. The van der Waals surface area contributed by atoms with Gasteiger partial charge >= 0.3 is 0 Å². The van der Waals surface area contributed by atoms with E-state index < -0.39 is 15.9 Å². The van der Waals surface area contributed by atoms with E-state index in [9.17, 15) is 13.2 Å². The summed E-state index contributed by atoms with van der Waals surface area (Å²) < 4.78 is 36.3. The van der Waals surface area contributed by atoms with Gasteiger partial charge in [-0.2, -0.15) is 0 Å². The van der Waals surface area contributed by atoms with Gasteiger partial charge in [-0.1, -0.05) is 18.2 Å². The van der Waals surface area contributed by atoms with Crippen molar-refractivity contribution in [1.82, 2.24) is 4.98 Å². The number of fused-ring (bicyclic) bond motifs is 1. The van der Waals surface area contributed by atoms with Crippen molar-refractivity contribution < 1.29 is 22.7 Å². The number of rotatable bonds is 6. The summed E-state index contributed by atoms with van der Waals surface area (Å²) in [5.74, 6) is 0.850. The SMILES string of the molecule is Cc1ccccc1N(CC(=O)Nc1nc(-c2ccc3c(c2)OCO3)cs1)S(C)(=O)=O. The predicted molar refractivity (Wildman–Crippen MR) is 116 cm³/mol.